The van der Waals surface area contributed by atoms with Crippen molar-refractivity contribution < 1.29 is 4.79 Å². The summed E-state index contributed by atoms with van der Waals surface area (Å²) in [5.74, 6) is -0.110. The van der Waals surface area contributed by atoms with Gasteiger partial charge in [-0.25, -0.2) is 0 Å². The van der Waals surface area contributed by atoms with Gasteiger partial charge < -0.3 is 4.90 Å². The molecule has 0 fully saturated rings. The Morgan fingerprint density at radius 1 is 1.37 bits per heavy atom. The molecule has 0 aliphatic carbocycles. The number of hydrogen-bond acceptors (Lipinski definition) is 3. The lowest BCUT2D eigenvalue weighted by Gasteiger charge is -2.17. The number of carbonyl (C=O) groups excluding carboxylic acids is 1. The largest absolute Gasteiger partial charge is 0.337 e. The van der Waals surface area contributed by atoms with Crippen molar-refractivity contribution in [3.63, 3.8) is 0 Å². The fourth-order valence-corrected chi connectivity index (χ4v) is 1.78. The van der Waals surface area contributed by atoms with Crippen molar-refractivity contribution >= 4 is 5.91 Å². The topological polar surface area (TPSA) is 57.0 Å². The van der Waals surface area contributed by atoms with E-state index in [-0.39, 0.29) is 5.91 Å². The van der Waals surface area contributed by atoms with E-state index in [0.29, 0.717) is 17.7 Å². The Morgan fingerprint density at radius 2 is 2.21 bits per heavy atom. The molecular formula is C15H13N3O. The van der Waals surface area contributed by atoms with Crippen molar-refractivity contribution in [2.75, 3.05) is 7.05 Å². The summed E-state index contributed by atoms with van der Waals surface area (Å²) in [6.07, 6.45) is 3.43. The van der Waals surface area contributed by atoms with Crippen LogP contribution in [-0.4, -0.2) is 22.8 Å². The summed E-state index contributed by atoms with van der Waals surface area (Å²) >= 11 is 0. The highest BCUT2D eigenvalue weighted by molar-refractivity contribution is 5.94. The van der Waals surface area contributed by atoms with Crippen LogP contribution in [0.25, 0.3) is 0 Å². The van der Waals surface area contributed by atoms with Gasteiger partial charge in [0, 0.05) is 31.5 Å². The lowest BCUT2D eigenvalue weighted by molar-refractivity contribution is 0.0785. The molecule has 4 nitrogen and oxygen atoms in total. The minimum atomic E-state index is -0.110. The molecule has 0 spiro atoms. The highest BCUT2D eigenvalue weighted by atomic mass is 16.2. The van der Waals surface area contributed by atoms with E-state index in [1.165, 1.54) is 0 Å². The van der Waals surface area contributed by atoms with Gasteiger partial charge >= 0.3 is 0 Å². The first-order valence-electron chi connectivity index (χ1n) is 5.85. The lowest BCUT2D eigenvalue weighted by Crippen LogP contribution is -2.26. The standard InChI is InChI=1S/C15H13N3O/c1-18(11-13-5-3-7-17-10-13)15(19)14-6-2-4-12(8-14)9-16/h2-8,10H,11H2,1H3. The molecule has 94 valence electrons. The molecule has 1 heterocycles. The number of rotatable bonds is 3. The number of benzene rings is 1. The maximum absolute atomic E-state index is 12.2. The minimum absolute atomic E-state index is 0.110. The van der Waals surface area contributed by atoms with Crippen LogP contribution in [0, 0.1) is 11.3 Å². The second-order valence-corrected chi connectivity index (χ2v) is 4.22. The fraction of sp³-hybridized carbons (Fsp3) is 0.133. The van der Waals surface area contributed by atoms with Gasteiger partial charge in [0.25, 0.3) is 5.91 Å². The molecule has 0 bridgehead atoms. The van der Waals surface area contributed by atoms with Gasteiger partial charge in [0.15, 0.2) is 0 Å². The van der Waals surface area contributed by atoms with Crippen LogP contribution in [0.2, 0.25) is 0 Å². The third kappa shape index (κ3) is 3.17. The number of amides is 1. The molecule has 2 rings (SSSR count). The Bertz CT molecular complexity index is 617. The van der Waals surface area contributed by atoms with E-state index in [2.05, 4.69) is 4.98 Å². The van der Waals surface area contributed by atoms with Crippen LogP contribution in [0.5, 0.6) is 0 Å². The summed E-state index contributed by atoms with van der Waals surface area (Å²) in [6.45, 7) is 0.490. The van der Waals surface area contributed by atoms with Gasteiger partial charge in [0.1, 0.15) is 0 Å². The predicted octanol–water partition coefficient (Wildman–Crippen LogP) is 2.23. The zero-order valence-electron chi connectivity index (χ0n) is 10.6. The van der Waals surface area contributed by atoms with Crippen LogP contribution < -0.4 is 0 Å². The van der Waals surface area contributed by atoms with Crippen molar-refractivity contribution in [2.45, 2.75) is 6.54 Å². The van der Waals surface area contributed by atoms with E-state index in [4.69, 9.17) is 5.26 Å². The average Bonchev–Trinajstić information content (AvgIpc) is 2.47. The van der Waals surface area contributed by atoms with E-state index in [0.717, 1.165) is 5.56 Å². The zero-order chi connectivity index (χ0) is 13.7. The van der Waals surface area contributed by atoms with Gasteiger partial charge in [-0.15, -0.1) is 0 Å². The van der Waals surface area contributed by atoms with Gasteiger partial charge in [-0.3, -0.25) is 9.78 Å². The molecule has 19 heavy (non-hydrogen) atoms. The van der Waals surface area contributed by atoms with Crippen LogP contribution in [0.3, 0.4) is 0 Å². The molecule has 1 aromatic carbocycles. The number of nitriles is 1. The van der Waals surface area contributed by atoms with Crippen molar-refractivity contribution in [1.29, 1.82) is 5.26 Å². The molecule has 0 unspecified atom stereocenters. The Kier molecular flexibility index (Phi) is 3.89. The third-order valence-electron chi connectivity index (χ3n) is 2.73. The third-order valence-corrected chi connectivity index (χ3v) is 2.73. The molecule has 0 aliphatic rings. The van der Waals surface area contributed by atoms with Crippen molar-refractivity contribution in [2.24, 2.45) is 0 Å². The SMILES string of the molecule is CN(Cc1cccnc1)C(=O)c1cccc(C#N)c1. The molecule has 0 saturated carbocycles. The summed E-state index contributed by atoms with van der Waals surface area (Å²) < 4.78 is 0. The summed E-state index contributed by atoms with van der Waals surface area (Å²) in [5.41, 5.74) is 1.97. The average molecular weight is 251 g/mol. The Morgan fingerprint density at radius 3 is 2.89 bits per heavy atom. The Labute approximate surface area is 111 Å². The van der Waals surface area contributed by atoms with Crippen LogP contribution in [0.1, 0.15) is 21.5 Å². The van der Waals surface area contributed by atoms with Gasteiger partial charge in [0.2, 0.25) is 0 Å². The lowest BCUT2D eigenvalue weighted by atomic mass is 10.1. The summed E-state index contributed by atoms with van der Waals surface area (Å²) in [4.78, 5) is 17.8. The number of hydrogen-bond donors (Lipinski definition) is 0. The first-order valence-corrected chi connectivity index (χ1v) is 5.85. The molecule has 2 aromatic rings. The number of pyridine rings is 1. The fourth-order valence-electron chi connectivity index (χ4n) is 1.78. The van der Waals surface area contributed by atoms with E-state index >= 15 is 0 Å². The van der Waals surface area contributed by atoms with Crippen molar-refractivity contribution in [1.82, 2.24) is 9.88 Å². The normalized spacial score (nSPS) is 9.68. The van der Waals surface area contributed by atoms with Gasteiger partial charge in [-0.05, 0) is 29.8 Å². The first-order chi connectivity index (χ1) is 9.20. The molecule has 1 aromatic heterocycles. The number of aromatic nitrogens is 1. The molecule has 0 N–H and O–H groups in total. The maximum Gasteiger partial charge on any atom is 0.253 e. The van der Waals surface area contributed by atoms with Crippen molar-refractivity contribution in [3.05, 3.63) is 65.5 Å². The Hall–Kier alpha value is -2.67. The monoisotopic (exact) mass is 251 g/mol. The summed E-state index contributed by atoms with van der Waals surface area (Å²) in [6, 6.07) is 12.5. The van der Waals surface area contributed by atoms with E-state index in [1.54, 1.807) is 48.6 Å². The van der Waals surface area contributed by atoms with Gasteiger partial charge in [-0.2, -0.15) is 5.26 Å². The first kappa shape index (κ1) is 12.8. The van der Waals surface area contributed by atoms with E-state index < -0.39 is 0 Å². The second kappa shape index (κ2) is 5.78. The highest BCUT2D eigenvalue weighted by Crippen LogP contribution is 2.09. The molecule has 0 radical (unpaired) electrons. The molecular weight excluding hydrogens is 238 g/mol. The quantitative estimate of drug-likeness (QED) is 0.840. The van der Waals surface area contributed by atoms with Crippen LogP contribution in [0.4, 0.5) is 0 Å². The van der Waals surface area contributed by atoms with E-state index in [9.17, 15) is 4.79 Å². The smallest absolute Gasteiger partial charge is 0.253 e. The van der Waals surface area contributed by atoms with E-state index in [1.807, 2.05) is 18.2 Å². The summed E-state index contributed by atoms with van der Waals surface area (Å²) in [5, 5.41) is 8.83. The summed E-state index contributed by atoms with van der Waals surface area (Å²) in [7, 11) is 1.73. The molecule has 1 amide bonds. The number of nitrogens with zero attached hydrogens (tertiary/aromatic N) is 3. The van der Waals surface area contributed by atoms with Gasteiger partial charge in [0.05, 0.1) is 11.6 Å². The molecule has 0 atom stereocenters. The zero-order valence-corrected chi connectivity index (χ0v) is 10.6. The van der Waals surface area contributed by atoms with Crippen molar-refractivity contribution in [3.8, 4) is 6.07 Å². The van der Waals surface area contributed by atoms with Crippen LogP contribution in [-0.2, 0) is 6.54 Å². The molecule has 0 aliphatic heterocycles. The predicted molar refractivity (Wildman–Crippen MR) is 71.2 cm³/mol. The number of carbonyl (C=O) groups is 1. The maximum atomic E-state index is 12.2. The van der Waals surface area contributed by atoms with Crippen LogP contribution in [0.15, 0.2) is 48.8 Å². The minimum Gasteiger partial charge on any atom is -0.337 e. The highest BCUT2D eigenvalue weighted by Gasteiger charge is 2.12. The molecule has 4 heteroatoms. The Balaban J connectivity index is 2.13. The van der Waals surface area contributed by atoms with Gasteiger partial charge in [-0.1, -0.05) is 12.1 Å². The second-order valence-electron chi connectivity index (χ2n) is 4.22. The molecule has 0 saturated heterocycles. The van der Waals surface area contributed by atoms with Crippen LogP contribution >= 0.6 is 0 Å².